The van der Waals surface area contributed by atoms with Crippen LogP contribution in [0.1, 0.15) is 123 Å². The van der Waals surface area contributed by atoms with E-state index in [0.29, 0.717) is 0 Å². The fourth-order valence-corrected chi connectivity index (χ4v) is 15.5. The molecule has 10 aromatic rings. The minimum Gasteiger partial charge on any atom is -0.454 e. The van der Waals surface area contributed by atoms with Crippen molar-refractivity contribution in [2.45, 2.75) is 128 Å². The van der Waals surface area contributed by atoms with Crippen LogP contribution in [0.5, 0.6) is 0 Å². The monoisotopic (exact) mass is 1030 g/mol. The third kappa shape index (κ3) is 7.00. The molecule has 3 aliphatic heterocycles. The molecule has 0 spiro atoms. The van der Waals surface area contributed by atoms with E-state index in [1.165, 1.54) is 108 Å². The van der Waals surface area contributed by atoms with Crippen molar-refractivity contribution in [3.05, 3.63) is 210 Å². The van der Waals surface area contributed by atoms with Crippen molar-refractivity contribution in [2.24, 2.45) is 0 Å². The summed E-state index contributed by atoms with van der Waals surface area (Å²) in [5, 5.41) is 2.27. The smallest absolute Gasteiger partial charge is 0.252 e. The summed E-state index contributed by atoms with van der Waals surface area (Å²) >= 11 is 0. The van der Waals surface area contributed by atoms with Gasteiger partial charge in [-0.05, 0) is 164 Å². The molecule has 1 fully saturated rings. The SMILES string of the molecule is CC(C)(C)c1ccc2c(c1)C1(C)CCCCC1(C)N2c1cc2c3c(c1)N(c1cccc4c1oc1ccccc14)c1cc4c(cc1B3c1cc(-c3ccccc3)ccc1N2c1ccc(-c2ccccc2)cc1)C(C)(C)CCC4(C)C. The molecule has 79 heavy (non-hydrogen) atoms. The Balaban J connectivity index is 1.09. The van der Waals surface area contributed by atoms with E-state index in [1.54, 1.807) is 0 Å². The summed E-state index contributed by atoms with van der Waals surface area (Å²) in [7, 11) is 0. The number of anilines is 8. The van der Waals surface area contributed by atoms with Crippen LogP contribution in [0.4, 0.5) is 45.5 Å². The Hall–Kier alpha value is -7.76. The van der Waals surface area contributed by atoms with Gasteiger partial charge < -0.3 is 19.1 Å². The van der Waals surface area contributed by atoms with Crippen LogP contribution in [0.15, 0.2) is 192 Å². The Bertz CT molecular complexity index is 4130. The summed E-state index contributed by atoms with van der Waals surface area (Å²) < 4.78 is 7.16. The maximum atomic E-state index is 7.16. The highest BCUT2D eigenvalue weighted by Gasteiger charge is 2.58. The normalized spacial score (nSPS) is 20.4. The number of nitrogens with zero attached hydrogens (tertiary/aromatic N) is 3. The van der Waals surface area contributed by atoms with Crippen molar-refractivity contribution in [3.8, 4) is 22.3 Å². The first-order valence-corrected chi connectivity index (χ1v) is 29.2. The maximum absolute atomic E-state index is 7.16. The molecule has 9 aromatic carbocycles. The van der Waals surface area contributed by atoms with Gasteiger partial charge in [0.1, 0.15) is 5.58 Å². The van der Waals surface area contributed by atoms with Gasteiger partial charge in [-0.1, -0.05) is 202 Å². The molecule has 4 nitrogen and oxygen atoms in total. The fraction of sp³-hybridized carbons (Fsp3) is 0.270. The summed E-state index contributed by atoms with van der Waals surface area (Å²) in [4.78, 5) is 8.09. The quantitative estimate of drug-likeness (QED) is 0.160. The van der Waals surface area contributed by atoms with Gasteiger partial charge in [0.15, 0.2) is 5.58 Å². The summed E-state index contributed by atoms with van der Waals surface area (Å²) in [6, 6.07) is 72.0. The summed E-state index contributed by atoms with van der Waals surface area (Å²) in [5.41, 5.74) is 25.9. The van der Waals surface area contributed by atoms with Crippen LogP contribution >= 0.6 is 0 Å². The van der Waals surface area contributed by atoms with E-state index in [4.69, 9.17) is 4.42 Å². The molecule has 1 aromatic heterocycles. The van der Waals surface area contributed by atoms with E-state index < -0.39 is 0 Å². The molecule has 0 N–H and O–H groups in total. The number of para-hydroxylation sites is 2. The highest BCUT2D eigenvalue weighted by molar-refractivity contribution is 7.00. The van der Waals surface area contributed by atoms with E-state index >= 15 is 0 Å². The number of benzene rings is 9. The highest BCUT2D eigenvalue weighted by atomic mass is 16.3. The first kappa shape index (κ1) is 48.4. The Morgan fingerprint density at radius 1 is 0.430 bits per heavy atom. The largest absolute Gasteiger partial charge is 0.454 e. The molecule has 15 rings (SSSR count). The minimum absolute atomic E-state index is 0.00949. The molecule has 2 aliphatic carbocycles. The Kier molecular flexibility index (Phi) is 10.3. The lowest BCUT2D eigenvalue weighted by Gasteiger charge is -2.51. The molecule has 0 amide bonds. The Labute approximate surface area is 467 Å². The van der Waals surface area contributed by atoms with Gasteiger partial charge in [-0.2, -0.15) is 0 Å². The first-order valence-electron chi connectivity index (χ1n) is 29.2. The molecule has 0 radical (unpaired) electrons. The highest BCUT2D eigenvalue weighted by Crippen LogP contribution is 2.63. The Morgan fingerprint density at radius 2 is 1.03 bits per heavy atom. The van der Waals surface area contributed by atoms with Crippen LogP contribution in [0.3, 0.4) is 0 Å². The number of furan rings is 1. The second-order valence-corrected chi connectivity index (χ2v) is 26.7. The summed E-state index contributed by atoms with van der Waals surface area (Å²) in [6.07, 6.45) is 6.96. The zero-order valence-electron chi connectivity index (χ0n) is 47.5. The van der Waals surface area contributed by atoms with E-state index in [2.05, 4.69) is 265 Å². The van der Waals surface area contributed by atoms with Gasteiger partial charge in [0, 0.05) is 56.0 Å². The van der Waals surface area contributed by atoms with Crippen molar-refractivity contribution >= 4 is 90.5 Å². The summed E-state index contributed by atoms with van der Waals surface area (Å²) in [6.45, 7) is 22.1. The van der Waals surface area contributed by atoms with E-state index in [0.717, 1.165) is 59.0 Å². The zero-order valence-corrected chi connectivity index (χ0v) is 47.5. The van der Waals surface area contributed by atoms with Crippen LogP contribution in [-0.2, 0) is 21.7 Å². The summed E-state index contributed by atoms with van der Waals surface area (Å²) in [5.74, 6) is 0. The second kappa shape index (κ2) is 16.9. The van der Waals surface area contributed by atoms with Crippen molar-refractivity contribution in [3.63, 3.8) is 0 Å². The van der Waals surface area contributed by atoms with Gasteiger partial charge in [0.25, 0.3) is 6.71 Å². The number of rotatable bonds is 5. The molecule has 2 atom stereocenters. The number of hydrogen-bond donors (Lipinski definition) is 0. The molecule has 5 aliphatic rings. The number of fused-ring (bicyclic) bond motifs is 11. The van der Waals surface area contributed by atoms with E-state index in [-0.39, 0.29) is 33.9 Å². The minimum atomic E-state index is -0.186. The molecular weight excluding hydrogens is 958 g/mol. The standard InChI is InChI=1S/C74H70BN3O/c1-70(2,3)51-32-36-61-58(42-51)73(8)37-18-19-38-74(73,9)78(61)53-43-65-68-66(44-53)77(63-27-20-26-55-54-25-16-17-28-67(54)79-69(55)63)64-46-57-56(71(4,5)39-40-72(57,6)7)45-60(64)75(68)59-41-50(48-23-14-11-15-24-48)31-35-62(59)76(65)52-33-29-49(30-34-52)47-21-12-10-13-22-47/h10-17,20-36,41-46H,18-19,37-40H2,1-9H3. The van der Waals surface area contributed by atoms with Crippen LogP contribution < -0.4 is 31.1 Å². The first-order chi connectivity index (χ1) is 38.0. The molecule has 390 valence electrons. The van der Waals surface area contributed by atoms with Crippen LogP contribution in [0.25, 0.3) is 44.2 Å². The average Bonchev–Trinajstić information content (AvgIpc) is 2.78. The van der Waals surface area contributed by atoms with Crippen molar-refractivity contribution in [2.75, 3.05) is 14.7 Å². The van der Waals surface area contributed by atoms with Gasteiger partial charge in [-0.25, -0.2) is 0 Å². The van der Waals surface area contributed by atoms with E-state index in [9.17, 15) is 0 Å². The predicted octanol–water partition coefficient (Wildman–Crippen LogP) is 18.4. The number of hydrogen-bond acceptors (Lipinski definition) is 4. The third-order valence-corrected chi connectivity index (χ3v) is 20.2. The molecule has 0 bridgehead atoms. The van der Waals surface area contributed by atoms with Crippen molar-refractivity contribution in [1.82, 2.24) is 0 Å². The maximum Gasteiger partial charge on any atom is 0.252 e. The van der Waals surface area contributed by atoms with Crippen LogP contribution in [0.2, 0.25) is 0 Å². The van der Waals surface area contributed by atoms with Crippen LogP contribution in [-0.4, -0.2) is 12.3 Å². The fourth-order valence-electron chi connectivity index (χ4n) is 15.5. The third-order valence-electron chi connectivity index (χ3n) is 20.2. The van der Waals surface area contributed by atoms with Gasteiger partial charge in [-0.15, -0.1) is 0 Å². The van der Waals surface area contributed by atoms with Gasteiger partial charge in [0.05, 0.1) is 11.2 Å². The second-order valence-electron chi connectivity index (χ2n) is 26.7. The molecule has 5 heteroatoms. The molecule has 1 saturated carbocycles. The molecule has 4 heterocycles. The van der Waals surface area contributed by atoms with Crippen LogP contribution in [0, 0.1) is 0 Å². The molecular formula is C74H70BN3O. The van der Waals surface area contributed by atoms with Gasteiger partial charge in [0.2, 0.25) is 0 Å². The van der Waals surface area contributed by atoms with Gasteiger partial charge in [-0.3, -0.25) is 0 Å². The topological polar surface area (TPSA) is 22.9 Å². The van der Waals surface area contributed by atoms with E-state index in [1.807, 2.05) is 0 Å². The zero-order chi connectivity index (χ0) is 54.0. The predicted molar refractivity (Wildman–Crippen MR) is 335 cm³/mol. The Morgan fingerprint density at radius 3 is 1.75 bits per heavy atom. The average molecular weight is 1030 g/mol. The molecule has 0 saturated heterocycles. The van der Waals surface area contributed by atoms with Gasteiger partial charge >= 0.3 is 0 Å². The lowest BCUT2D eigenvalue weighted by molar-refractivity contribution is 0.195. The molecule has 2 unspecified atom stereocenters. The lowest BCUT2D eigenvalue weighted by Crippen LogP contribution is -2.62. The van der Waals surface area contributed by atoms with Crippen molar-refractivity contribution in [1.29, 1.82) is 0 Å². The lowest BCUT2D eigenvalue weighted by atomic mass is 9.33. The van der Waals surface area contributed by atoms with Crippen molar-refractivity contribution < 1.29 is 4.42 Å².